The first-order valence-corrected chi connectivity index (χ1v) is 9.28. The van der Waals surface area contributed by atoms with Gasteiger partial charge in [-0.05, 0) is 42.3 Å². The van der Waals surface area contributed by atoms with Gasteiger partial charge in [0, 0.05) is 42.4 Å². The van der Waals surface area contributed by atoms with E-state index in [4.69, 9.17) is 17.3 Å². The Morgan fingerprint density at radius 2 is 1.69 bits per heavy atom. The Morgan fingerprint density at radius 3 is 2.35 bits per heavy atom. The first-order chi connectivity index (χ1) is 12.6. The highest BCUT2D eigenvalue weighted by Crippen LogP contribution is 2.32. The molecule has 5 heteroatoms. The zero-order valence-corrected chi connectivity index (χ0v) is 15.4. The number of carbonyl (C=O) groups excluding carboxylic acids is 2. The molecule has 2 aromatic carbocycles. The quantitative estimate of drug-likeness (QED) is 0.791. The molecule has 1 fully saturated rings. The van der Waals surface area contributed by atoms with Gasteiger partial charge in [0.1, 0.15) is 0 Å². The van der Waals surface area contributed by atoms with Gasteiger partial charge in [-0.15, -0.1) is 0 Å². The Morgan fingerprint density at radius 1 is 1.00 bits per heavy atom. The van der Waals surface area contributed by atoms with Crippen molar-refractivity contribution in [1.29, 1.82) is 0 Å². The lowest BCUT2D eigenvalue weighted by atomic mass is 9.89. The Labute approximate surface area is 158 Å². The molecule has 1 saturated heterocycles. The summed E-state index contributed by atoms with van der Waals surface area (Å²) in [4.78, 5) is 26.7. The molecule has 0 aliphatic carbocycles. The summed E-state index contributed by atoms with van der Waals surface area (Å²) < 4.78 is 0. The van der Waals surface area contributed by atoms with Gasteiger partial charge in [-0.2, -0.15) is 0 Å². The molecule has 2 N–H and O–H groups in total. The van der Waals surface area contributed by atoms with Gasteiger partial charge in [-0.25, -0.2) is 0 Å². The minimum absolute atomic E-state index is 0.0178. The van der Waals surface area contributed by atoms with Crippen molar-refractivity contribution in [1.82, 2.24) is 4.90 Å². The number of halogens is 1. The van der Waals surface area contributed by atoms with Crippen LogP contribution >= 0.6 is 11.6 Å². The van der Waals surface area contributed by atoms with Crippen LogP contribution in [-0.2, 0) is 4.79 Å². The van der Waals surface area contributed by atoms with Crippen molar-refractivity contribution in [3.8, 4) is 0 Å². The smallest absolute Gasteiger partial charge is 0.223 e. The summed E-state index contributed by atoms with van der Waals surface area (Å²) in [7, 11) is 0. The van der Waals surface area contributed by atoms with Crippen LogP contribution < -0.4 is 5.73 Å². The van der Waals surface area contributed by atoms with Crippen LogP contribution in [0, 0.1) is 5.92 Å². The minimum Gasteiger partial charge on any atom is -0.342 e. The minimum atomic E-state index is -0.0378. The van der Waals surface area contributed by atoms with Crippen molar-refractivity contribution in [3.63, 3.8) is 0 Å². The van der Waals surface area contributed by atoms with Gasteiger partial charge in [0.15, 0.2) is 5.78 Å². The molecule has 0 bridgehead atoms. The summed E-state index contributed by atoms with van der Waals surface area (Å²) in [5, 5.41) is 0.592. The fourth-order valence-corrected chi connectivity index (χ4v) is 3.68. The van der Waals surface area contributed by atoms with E-state index < -0.39 is 0 Å². The SMILES string of the molecule is NC[C@@H]1CN(C(=O)CCC(=O)c2ccc(Cl)cc2)C[C@H]1c1ccccc1. The molecule has 26 heavy (non-hydrogen) atoms. The van der Waals surface area contributed by atoms with Crippen molar-refractivity contribution in [2.24, 2.45) is 11.7 Å². The average molecular weight is 371 g/mol. The fourth-order valence-electron chi connectivity index (χ4n) is 3.55. The van der Waals surface area contributed by atoms with Gasteiger partial charge in [-0.1, -0.05) is 41.9 Å². The number of nitrogens with zero attached hydrogens (tertiary/aromatic N) is 1. The molecule has 2 atom stereocenters. The van der Waals surface area contributed by atoms with E-state index in [0.29, 0.717) is 30.2 Å². The van der Waals surface area contributed by atoms with Gasteiger partial charge < -0.3 is 10.6 Å². The van der Waals surface area contributed by atoms with Gasteiger partial charge >= 0.3 is 0 Å². The lowest BCUT2D eigenvalue weighted by Gasteiger charge is -2.16. The Bertz CT molecular complexity index is 761. The summed E-state index contributed by atoms with van der Waals surface area (Å²) in [5.74, 6) is 0.499. The van der Waals surface area contributed by atoms with Crippen molar-refractivity contribution in [2.45, 2.75) is 18.8 Å². The van der Waals surface area contributed by atoms with Crippen molar-refractivity contribution in [2.75, 3.05) is 19.6 Å². The lowest BCUT2D eigenvalue weighted by Crippen LogP contribution is -2.30. The Hall–Kier alpha value is -2.17. The van der Waals surface area contributed by atoms with Crippen LogP contribution in [0.2, 0.25) is 5.02 Å². The third-order valence-electron chi connectivity index (χ3n) is 5.06. The first kappa shape index (κ1) is 18.6. The van der Waals surface area contributed by atoms with Crippen molar-refractivity contribution in [3.05, 3.63) is 70.7 Å². The molecule has 0 unspecified atom stereocenters. The van der Waals surface area contributed by atoms with Crippen LogP contribution in [-0.4, -0.2) is 36.2 Å². The summed E-state index contributed by atoms with van der Waals surface area (Å²) >= 11 is 5.84. The molecule has 0 radical (unpaired) electrons. The van der Waals surface area contributed by atoms with E-state index in [2.05, 4.69) is 12.1 Å². The molecule has 3 rings (SSSR count). The van der Waals surface area contributed by atoms with Crippen molar-refractivity contribution < 1.29 is 9.59 Å². The summed E-state index contributed by atoms with van der Waals surface area (Å²) in [6.45, 7) is 1.87. The van der Waals surface area contributed by atoms with Crippen LogP contribution in [0.3, 0.4) is 0 Å². The van der Waals surface area contributed by atoms with Gasteiger partial charge in [0.2, 0.25) is 5.91 Å². The van der Waals surface area contributed by atoms with E-state index in [-0.39, 0.29) is 36.4 Å². The van der Waals surface area contributed by atoms with E-state index in [9.17, 15) is 9.59 Å². The average Bonchev–Trinajstić information content (AvgIpc) is 3.11. The lowest BCUT2D eigenvalue weighted by molar-refractivity contribution is -0.130. The van der Waals surface area contributed by atoms with E-state index in [1.165, 1.54) is 5.56 Å². The third kappa shape index (κ3) is 4.32. The number of likely N-dealkylation sites (tertiary alicyclic amines) is 1. The predicted molar refractivity (Wildman–Crippen MR) is 103 cm³/mol. The van der Waals surface area contributed by atoms with Gasteiger partial charge in [0.25, 0.3) is 0 Å². The third-order valence-corrected chi connectivity index (χ3v) is 5.31. The number of Topliss-reactive ketones (excluding diaryl/α,β-unsaturated/α-hetero) is 1. The van der Waals surface area contributed by atoms with Crippen molar-refractivity contribution >= 4 is 23.3 Å². The van der Waals surface area contributed by atoms with E-state index >= 15 is 0 Å². The maximum absolute atomic E-state index is 12.6. The molecular formula is C21H23ClN2O2. The van der Waals surface area contributed by atoms with E-state index in [1.807, 2.05) is 23.1 Å². The monoisotopic (exact) mass is 370 g/mol. The number of ketones is 1. The number of carbonyl (C=O) groups is 2. The first-order valence-electron chi connectivity index (χ1n) is 8.90. The second-order valence-corrected chi connectivity index (χ2v) is 7.18. The topological polar surface area (TPSA) is 63.4 Å². The van der Waals surface area contributed by atoms with Crippen LogP contribution in [0.15, 0.2) is 54.6 Å². The molecule has 1 amide bonds. The number of hydrogen-bond donors (Lipinski definition) is 1. The number of benzene rings is 2. The van der Waals surface area contributed by atoms with E-state index in [1.54, 1.807) is 24.3 Å². The highest BCUT2D eigenvalue weighted by molar-refractivity contribution is 6.30. The Kier molecular flexibility index (Phi) is 6.07. The second kappa shape index (κ2) is 8.47. The highest BCUT2D eigenvalue weighted by atomic mass is 35.5. The number of nitrogens with two attached hydrogens (primary N) is 1. The standard InChI is InChI=1S/C21H23ClN2O2/c22-18-8-6-16(7-9-18)20(25)10-11-21(26)24-13-17(12-23)19(14-24)15-4-2-1-3-5-15/h1-9,17,19H,10-14,23H2/t17-,19+/m1/s1. The van der Waals surface area contributed by atoms with E-state index in [0.717, 1.165) is 0 Å². The van der Waals surface area contributed by atoms with Crippen LogP contribution in [0.1, 0.15) is 34.7 Å². The molecule has 2 aromatic rings. The normalized spacial score (nSPS) is 19.5. The van der Waals surface area contributed by atoms with Gasteiger partial charge in [0.05, 0.1) is 0 Å². The molecule has 4 nitrogen and oxygen atoms in total. The zero-order valence-electron chi connectivity index (χ0n) is 14.6. The summed E-state index contributed by atoms with van der Waals surface area (Å²) in [6, 6.07) is 17.0. The molecular weight excluding hydrogens is 348 g/mol. The molecule has 1 heterocycles. The maximum Gasteiger partial charge on any atom is 0.223 e. The molecule has 1 aliphatic heterocycles. The molecule has 136 valence electrons. The predicted octanol–water partition coefficient (Wildman–Crippen LogP) is 3.50. The highest BCUT2D eigenvalue weighted by Gasteiger charge is 2.35. The molecule has 0 spiro atoms. The zero-order chi connectivity index (χ0) is 18.5. The van der Waals surface area contributed by atoms with Gasteiger partial charge in [-0.3, -0.25) is 9.59 Å². The molecule has 1 aliphatic rings. The summed E-state index contributed by atoms with van der Waals surface area (Å²) in [6.07, 6.45) is 0.431. The largest absolute Gasteiger partial charge is 0.342 e. The van der Waals surface area contributed by atoms with Crippen LogP contribution in [0.5, 0.6) is 0 Å². The molecule has 0 aromatic heterocycles. The summed E-state index contributed by atoms with van der Waals surface area (Å²) in [5.41, 5.74) is 7.74. The maximum atomic E-state index is 12.6. The molecule has 0 saturated carbocycles. The number of rotatable bonds is 6. The Balaban J connectivity index is 1.58. The number of amides is 1. The second-order valence-electron chi connectivity index (χ2n) is 6.74. The van der Waals surface area contributed by atoms with Crippen LogP contribution in [0.4, 0.5) is 0 Å². The van der Waals surface area contributed by atoms with Crippen LogP contribution in [0.25, 0.3) is 0 Å². The fraction of sp³-hybridized carbons (Fsp3) is 0.333. The number of hydrogen-bond acceptors (Lipinski definition) is 3.